The van der Waals surface area contributed by atoms with Crippen molar-refractivity contribution in [3.05, 3.63) is 83.9 Å². The molecule has 0 atom stereocenters. The fourth-order valence-electron chi connectivity index (χ4n) is 2.83. The van der Waals surface area contributed by atoms with Gasteiger partial charge < -0.3 is 5.11 Å². The molecule has 4 nitrogen and oxygen atoms in total. The Morgan fingerprint density at radius 1 is 1.04 bits per heavy atom. The van der Waals surface area contributed by atoms with E-state index in [1.54, 1.807) is 0 Å². The first-order chi connectivity index (χ1) is 13.1. The molecule has 0 saturated heterocycles. The van der Waals surface area contributed by atoms with Crippen molar-refractivity contribution in [1.29, 1.82) is 0 Å². The van der Waals surface area contributed by atoms with Crippen LogP contribution in [0.1, 0.15) is 16.1 Å². The topological polar surface area (TPSA) is 59.3 Å². The van der Waals surface area contributed by atoms with Crippen LogP contribution in [0.15, 0.2) is 41.2 Å². The number of nitrogens with zero attached hydrogens (tertiary/aromatic N) is 1. The van der Waals surface area contributed by atoms with Crippen molar-refractivity contribution in [2.24, 2.45) is 0 Å². The van der Waals surface area contributed by atoms with Gasteiger partial charge in [0.25, 0.3) is 5.56 Å². The second kappa shape index (κ2) is 7.76. The van der Waals surface area contributed by atoms with Crippen LogP contribution in [0.2, 0.25) is 20.1 Å². The zero-order valence-corrected chi connectivity index (χ0v) is 17.1. The van der Waals surface area contributed by atoms with Crippen molar-refractivity contribution in [3.8, 4) is 16.8 Å². The van der Waals surface area contributed by atoms with Gasteiger partial charge in [0.1, 0.15) is 11.4 Å². The molecule has 144 valence electrons. The van der Waals surface area contributed by atoms with Gasteiger partial charge in [-0.05, 0) is 42.8 Å². The van der Waals surface area contributed by atoms with E-state index >= 15 is 0 Å². The van der Waals surface area contributed by atoms with E-state index < -0.39 is 22.9 Å². The number of aromatic carboxylic acids is 1. The number of carboxylic acid groups (broad SMARTS) is 1. The Kier molecular flexibility index (Phi) is 5.73. The van der Waals surface area contributed by atoms with Gasteiger partial charge in [-0.25, -0.2) is 9.18 Å². The standard InChI is InChI=1S/C19H10Cl4FNO3/c1-8-17(23)15(9-2-4-11(21)12(22)6-9)16(19(27)28)18(26)25(8)14-5-3-10(20)7-13(14)24/h2-7H,1H3,(H,27,28). The lowest BCUT2D eigenvalue weighted by Gasteiger charge is -2.18. The Bertz CT molecular complexity index is 1190. The van der Waals surface area contributed by atoms with Crippen LogP contribution in [0.5, 0.6) is 0 Å². The molecular formula is C19H10Cl4FNO3. The van der Waals surface area contributed by atoms with Crippen LogP contribution in [0, 0.1) is 12.7 Å². The van der Waals surface area contributed by atoms with Crippen LogP contribution in [0.3, 0.4) is 0 Å². The lowest BCUT2D eigenvalue weighted by atomic mass is 9.99. The zero-order chi connectivity index (χ0) is 20.7. The summed E-state index contributed by atoms with van der Waals surface area (Å²) in [4.78, 5) is 24.9. The van der Waals surface area contributed by atoms with Gasteiger partial charge in [-0.1, -0.05) is 52.5 Å². The van der Waals surface area contributed by atoms with Crippen LogP contribution in [0.4, 0.5) is 4.39 Å². The van der Waals surface area contributed by atoms with E-state index in [4.69, 9.17) is 46.4 Å². The molecule has 0 aliphatic rings. The molecule has 0 aliphatic heterocycles. The molecule has 0 amide bonds. The molecule has 0 spiro atoms. The molecule has 0 fully saturated rings. The average Bonchev–Trinajstić information content (AvgIpc) is 2.62. The number of halogens is 5. The summed E-state index contributed by atoms with van der Waals surface area (Å²) in [6, 6.07) is 8.03. The maximum atomic E-state index is 14.4. The number of hydrogen-bond donors (Lipinski definition) is 1. The van der Waals surface area contributed by atoms with Crippen molar-refractivity contribution in [3.63, 3.8) is 0 Å². The van der Waals surface area contributed by atoms with Crippen molar-refractivity contribution >= 4 is 52.4 Å². The Morgan fingerprint density at radius 2 is 1.71 bits per heavy atom. The maximum absolute atomic E-state index is 14.4. The number of rotatable bonds is 3. The van der Waals surface area contributed by atoms with Gasteiger partial charge in [-0.15, -0.1) is 0 Å². The van der Waals surface area contributed by atoms with E-state index in [1.165, 1.54) is 37.3 Å². The molecule has 1 heterocycles. The summed E-state index contributed by atoms with van der Waals surface area (Å²) in [6.45, 7) is 1.48. The molecule has 3 rings (SSSR count). The summed E-state index contributed by atoms with van der Waals surface area (Å²) in [7, 11) is 0. The highest BCUT2D eigenvalue weighted by molar-refractivity contribution is 6.42. The first kappa shape index (κ1) is 20.7. The Labute approximate surface area is 178 Å². The average molecular weight is 461 g/mol. The molecule has 1 N–H and O–H groups in total. The highest BCUT2D eigenvalue weighted by Crippen LogP contribution is 2.36. The first-order valence-corrected chi connectivity index (χ1v) is 9.24. The second-order valence-corrected chi connectivity index (χ2v) is 7.45. The third-order valence-corrected chi connectivity index (χ3v) is 5.55. The molecule has 0 aliphatic carbocycles. The summed E-state index contributed by atoms with van der Waals surface area (Å²) in [5, 5.41) is 10.2. The Hall–Kier alpha value is -2.05. The molecule has 0 radical (unpaired) electrons. The summed E-state index contributed by atoms with van der Waals surface area (Å²) in [5.41, 5.74) is -1.32. The predicted octanol–water partition coefficient (Wildman–Crippen LogP) is 6.26. The second-order valence-electron chi connectivity index (χ2n) is 5.82. The summed E-state index contributed by atoms with van der Waals surface area (Å²) < 4.78 is 15.3. The highest BCUT2D eigenvalue weighted by Gasteiger charge is 2.26. The van der Waals surface area contributed by atoms with Gasteiger partial charge in [0, 0.05) is 16.3 Å². The van der Waals surface area contributed by atoms with Gasteiger partial charge in [0.05, 0.1) is 20.8 Å². The van der Waals surface area contributed by atoms with E-state index in [0.717, 1.165) is 10.6 Å². The molecule has 2 aromatic carbocycles. The molecule has 0 saturated carbocycles. The summed E-state index contributed by atoms with van der Waals surface area (Å²) >= 11 is 24.1. The monoisotopic (exact) mass is 459 g/mol. The molecule has 3 aromatic rings. The minimum Gasteiger partial charge on any atom is -0.477 e. The molecule has 28 heavy (non-hydrogen) atoms. The predicted molar refractivity (Wildman–Crippen MR) is 109 cm³/mol. The Balaban J connectivity index is 2.43. The number of aromatic nitrogens is 1. The van der Waals surface area contributed by atoms with E-state index in [-0.39, 0.29) is 37.0 Å². The van der Waals surface area contributed by atoms with Crippen molar-refractivity contribution in [2.45, 2.75) is 6.92 Å². The van der Waals surface area contributed by atoms with Gasteiger partial charge >= 0.3 is 5.97 Å². The summed E-state index contributed by atoms with van der Waals surface area (Å²) in [5.74, 6) is -2.32. The Morgan fingerprint density at radius 3 is 2.29 bits per heavy atom. The fourth-order valence-corrected chi connectivity index (χ4v) is 3.58. The lowest BCUT2D eigenvalue weighted by molar-refractivity contribution is 0.0695. The number of benzene rings is 2. The van der Waals surface area contributed by atoms with Gasteiger partial charge in [0.15, 0.2) is 0 Å². The number of pyridine rings is 1. The van der Waals surface area contributed by atoms with Crippen molar-refractivity contribution in [2.75, 3.05) is 0 Å². The van der Waals surface area contributed by atoms with Gasteiger partial charge in [0.2, 0.25) is 0 Å². The van der Waals surface area contributed by atoms with Crippen LogP contribution in [0.25, 0.3) is 16.8 Å². The van der Waals surface area contributed by atoms with Crippen LogP contribution >= 0.6 is 46.4 Å². The smallest absolute Gasteiger partial charge is 0.342 e. The number of hydrogen-bond acceptors (Lipinski definition) is 2. The molecule has 0 bridgehead atoms. The van der Waals surface area contributed by atoms with Gasteiger partial charge in [-0.3, -0.25) is 9.36 Å². The first-order valence-electron chi connectivity index (χ1n) is 7.72. The van der Waals surface area contributed by atoms with E-state index in [2.05, 4.69) is 0 Å². The molecule has 9 heteroatoms. The maximum Gasteiger partial charge on any atom is 0.342 e. The van der Waals surface area contributed by atoms with E-state index in [1.807, 2.05) is 0 Å². The summed E-state index contributed by atoms with van der Waals surface area (Å²) in [6.07, 6.45) is 0. The minimum atomic E-state index is -1.52. The molecule has 0 unspecified atom stereocenters. The van der Waals surface area contributed by atoms with Crippen molar-refractivity contribution in [1.82, 2.24) is 4.57 Å². The molecular weight excluding hydrogens is 451 g/mol. The molecule has 1 aromatic heterocycles. The van der Waals surface area contributed by atoms with Crippen LogP contribution < -0.4 is 5.56 Å². The third-order valence-electron chi connectivity index (χ3n) is 4.11. The SMILES string of the molecule is Cc1c(Cl)c(-c2ccc(Cl)c(Cl)c2)c(C(=O)O)c(=O)n1-c1ccc(Cl)cc1F. The largest absolute Gasteiger partial charge is 0.477 e. The van der Waals surface area contributed by atoms with Crippen LogP contribution in [-0.4, -0.2) is 15.6 Å². The minimum absolute atomic E-state index is 0.0270. The quantitative estimate of drug-likeness (QED) is 0.501. The zero-order valence-electron chi connectivity index (χ0n) is 14.1. The third kappa shape index (κ3) is 3.51. The number of carbonyl (C=O) groups is 1. The fraction of sp³-hybridized carbons (Fsp3) is 0.0526. The number of carboxylic acids is 1. The van der Waals surface area contributed by atoms with Crippen LogP contribution in [-0.2, 0) is 0 Å². The van der Waals surface area contributed by atoms with Gasteiger partial charge in [-0.2, -0.15) is 0 Å². The highest BCUT2D eigenvalue weighted by atomic mass is 35.5. The lowest BCUT2D eigenvalue weighted by Crippen LogP contribution is -2.29. The van der Waals surface area contributed by atoms with Crippen molar-refractivity contribution < 1.29 is 14.3 Å². The normalized spacial score (nSPS) is 10.9. The van der Waals surface area contributed by atoms with E-state index in [0.29, 0.717) is 5.56 Å². The van der Waals surface area contributed by atoms with E-state index in [9.17, 15) is 19.1 Å².